The van der Waals surface area contributed by atoms with E-state index in [1.807, 2.05) is 16.9 Å². The third-order valence-corrected chi connectivity index (χ3v) is 3.85. The van der Waals surface area contributed by atoms with E-state index in [0.29, 0.717) is 13.2 Å². The summed E-state index contributed by atoms with van der Waals surface area (Å²) in [5, 5.41) is 4.16. The Labute approximate surface area is 103 Å². The van der Waals surface area contributed by atoms with Crippen molar-refractivity contribution in [3.63, 3.8) is 0 Å². The van der Waals surface area contributed by atoms with Crippen LogP contribution in [0.1, 0.15) is 32.6 Å². The SMILES string of the molecule is CC1CCC(CN)(OCCn2cccn2)CC1. The molecule has 1 saturated carbocycles. The van der Waals surface area contributed by atoms with Gasteiger partial charge in [0, 0.05) is 18.9 Å². The van der Waals surface area contributed by atoms with Gasteiger partial charge in [-0.3, -0.25) is 4.68 Å². The predicted octanol–water partition coefficient (Wildman–Crippen LogP) is 1.81. The van der Waals surface area contributed by atoms with Gasteiger partial charge in [-0.15, -0.1) is 0 Å². The molecule has 1 aromatic heterocycles. The fourth-order valence-electron chi connectivity index (χ4n) is 2.48. The van der Waals surface area contributed by atoms with Gasteiger partial charge >= 0.3 is 0 Å². The van der Waals surface area contributed by atoms with Crippen molar-refractivity contribution in [2.24, 2.45) is 11.7 Å². The maximum atomic E-state index is 6.06. The molecule has 96 valence electrons. The zero-order valence-electron chi connectivity index (χ0n) is 10.6. The zero-order valence-corrected chi connectivity index (χ0v) is 10.6. The van der Waals surface area contributed by atoms with Crippen LogP contribution in [-0.4, -0.2) is 28.5 Å². The normalized spacial score (nSPS) is 29.4. The number of nitrogens with two attached hydrogens (primary N) is 1. The molecule has 0 aliphatic heterocycles. The molecule has 2 N–H and O–H groups in total. The molecular weight excluding hydrogens is 214 g/mol. The van der Waals surface area contributed by atoms with Crippen molar-refractivity contribution in [2.75, 3.05) is 13.2 Å². The van der Waals surface area contributed by atoms with Crippen LogP contribution in [0.25, 0.3) is 0 Å². The summed E-state index contributed by atoms with van der Waals surface area (Å²) in [4.78, 5) is 0. The Kier molecular flexibility index (Phi) is 4.18. The van der Waals surface area contributed by atoms with E-state index in [2.05, 4.69) is 12.0 Å². The Morgan fingerprint density at radius 3 is 2.82 bits per heavy atom. The molecule has 17 heavy (non-hydrogen) atoms. The van der Waals surface area contributed by atoms with Crippen LogP contribution in [0, 0.1) is 5.92 Å². The van der Waals surface area contributed by atoms with E-state index in [1.54, 1.807) is 6.20 Å². The molecule has 0 amide bonds. The lowest BCUT2D eigenvalue weighted by Gasteiger charge is -2.38. The van der Waals surface area contributed by atoms with Crippen LogP contribution in [0.3, 0.4) is 0 Å². The van der Waals surface area contributed by atoms with Crippen molar-refractivity contribution in [3.05, 3.63) is 18.5 Å². The first-order chi connectivity index (χ1) is 8.24. The summed E-state index contributed by atoms with van der Waals surface area (Å²) in [6.07, 6.45) is 8.42. The first kappa shape index (κ1) is 12.6. The van der Waals surface area contributed by atoms with E-state index < -0.39 is 0 Å². The molecule has 0 spiro atoms. The summed E-state index contributed by atoms with van der Waals surface area (Å²) in [6.45, 7) is 4.46. The Morgan fingerprint density at radius 1 is 1.47 bits per heavy atom. The topological polar surface area (TPSA) is 53.1 Å². The molecule has 1 aromatic rings. The molecule has 4 heteroatoms. The van der Waals surface area contributed by atoms with Crippen molar-refractivity contribution in [1.82, 2.24) is 9.78 Å². The molecule has 2 rings (SSSR count). The fourth-order valence-corrected chi connectivity index (χ4v) is 2.48. The van der Waals surface area contributed by atoms with Gasteiger partial charge in [-0.2, -0.15) is 5.10 Å². The van der Waals surface area contributed by atoms with Crippen LogP contribution in [0.15, 0.2) is 18.5 Å². The highest BCUT2D eigenvalue weighted by Gasteiger charge is 2.33. The lowest BCUT2D eigenvalue weighted by molar-refractivity contribution is -0.0732. The Balaban J connectivity index is 1.79. The van der Waals surface area contributed by atoms with E-state index in [4.69, 9.17) is 10.5 Å². The van der Waals surface area contributed by atoms with Crippen LogP contribution in [0.4, 0.5) is 0 Å². The third-order valence-electron chi connectivity index (χ3n) is 3.85. The number of nitrogens with zero attached hydrogens (tertiary/aromatic N) is 2. The van der Waals surface area contributed by atoms with E-state index in [-0.39, 0.29) is 5.60 Å². The molecule has 1 aliphatic rings. The van der Waals surface area contributed by atoms with Gasteiger partial charge in [0.2, 0.25) is 0 Å². The van der Waals surface area contributed by atoms with Gasteiger partial charge < -0.3 is 10.5 Å². The summed E-state index contributed by atoms with van der Waals surface area (Å²) in [6, 6.07) is 1.93. The van der Waals surface area contributed by atoms with Crippen molar-refractivity contribution in [1.29, 1.82) is 0 Å². The summed E-state index contributed by atoms with van der Waals surface area (Å²) >= 11 is 0. The monoisotopic (exact) mass is 237 g/mol. The van der Waals surface area contributed by atoms with Crippen LogP contribution in [0.5, 0.6) is 0 Å². The minimum Gasteiger partial charge on any atom is -0.372 e. The van der Waals surface area contributed by atoms with Crippen LogP contribution < -0.4 is 5.73 Å². The maximum Gasteiger partial charge on any atom is 0.0805 e. The van der Waals surface area contributed by atoms with Gasteiger partial charge in [0.05, 0.1) is 18.8 Å². The zero-order chi connectivity index (χ0) is 12.1. The first-order valence-electron chi connectivity index (χ1n) is 6.55. The molecule has 0 aromatic carbocycles. The predicted molar refractivity (Wildman–Crippen MR) is 67.6 cm³/mol. The van der Waals surface area contributed by atoms with Gasteiger partial charge in [-0.1, -0.05) is 6.92 Å². The van der Waals surface area contributed by atoms with Crippen LogP contribution >= 0.6 is 0 Å². The van der Waals surface area contributed by atoms with Gasteiger partial charge in [0.1, 0.15) is 0 Å². The maximum absolute atomic E-state index is 6.06. The average molecular weight is 237 g/mol. The van der Waals surface area contributed by atoms with E-state index in [0.717, 1.165) is 25.3 Å². The molecule has 1 fully saturated rings. The fraction of sp³-hybridized carbons (Fsp3) is 0.769. The largest absolute Gasteiger partial charge is 0.372 e. The number of rotatable bonds is 5. The van der Waals surface area contributed by atoms with Crippen LogP contribution in [-0.2, 0) is 11.3 Å². The summed E-state index contributed by atoms with van der Waals surface area (Å²) < 4.78 is 7.95. The molecule has 4 nitrogen and oxygen atoms in total. The molecule has 0 radical (unpaired) electrons. The molecule has 0 saturated heterocycles. The smallest absolute Gasteiger partial charge is 0.0805 e. The second-order valence-corrected chi connectivity index (χ2v) is 5.19. The molecule has 1 heterocycles. The number of ether oxygens (including phenoxy) is 1. The Morgan fingerprint density at radius 2 is 2.24 bits per heavy atom. The van der Waals surface area contributed by atoms with E-state index >= 15 is 0 Å². The lowest BCUT2D eigenvalue weighted by Crippen LogP contribution is -2.44. The Hall–Kier alpha value is -0.870. The number of hydrogen-bond donors (Lipinski definition) is 1. The van der Waals surface area contributed by atoms with Crippen molar-refractivity contribution in [3.8, 4) is 0 Å². The van der Waals surface area contributed by atoms with Crippen LogP contribution in [0.2, 0.25) is 0 Å². The van der Waals surface area contributed by atoms with Crippen molar-refractivity contribution in [2.45, 2.75) is 44.8 Å². The van der Waals surface area contributed by atoms with Gasteiger partial charge in [-0.25, -0.2) is 0 Å². The second kappa shape index (κ2) is 5.65. The van der Waals surface area contributed by atoms with Gasteiger partial charge in [0.25, 0.3) is 0 Å². The number of hydrogen-bond acceptors (Lipinski definition) is 3. The van der Waals surface area contributed by atoms with Gasteiger partial charge in [0.15, 0.2) is 0 Å². The standard InChI is InChI=1S/C13H23N3O/c1-12-3-5-13(11-14,6-4-12)17-10-9-16-8-2-7-15-16/h2,7-8,12H,3-6,9-11,14H2,1H3. The minimum absolute atomic E-state index is 0.0698. The first-order valence-corrected chi connectivity index (χ1v) is 6.55. The summed E-state index contributed by atoms with van der Waals surface area (Å²) in [5.41, 5.74) is 5.83. The average Bonchev–Trinajstić information content (AvgIpc) is 2.85. The Bertz CT molecular complexity index is 315. The molecular formula is C13H23N3O. The van der Waals surface area contributed by atoms with Crippen molar-refractivity contribution >= 4 is 0 Å². The minimum atomic E-state index is -0.0698. The molecule has 0 atom stereocenters. The van der Waals surface area contributed by atoms with Gasteiger partial charge in [-0.05, 0) is 37.7 Å². The van der Waals surface area contributed by atoms with Crippen molar-refractivity contribution < 1.29 is 4.74 Å². The van der Waals surface area contributed by atoms with E-state index in [9.17, 15) is 0 Å². The number of aromatic nitrogens is 2. The highest BCUT2D eigenvalue weighted by molar-refractivity contribution is 4.87. The summed E-state index contributed by atoms with van der Waals surface area (Å²) in [5.74, 6) is 0.824. The molecule has 1 aliphatic carbocycles. The lowest BCUT2D eigenvalue weighted by atomic mass is 9.79. The highest BCUT2D eigenvalue weighted by Crippen LogP contribution is 2.33. The molecule has 0 unspecified atom stereocenters. The third kappa shape index (κ3) is 3.30. The second-order valence-electron chi connectivity index (χ2n) is 5.19. The molecule has 0 bridgehead atoms. The quantitative estimate of drug-likeness (QED) is 0.849. The highest BCUT2D eigenvalue weighted by atomic mass is 16.5. The van der Waals surface area contributed by atoms with E-state index in [1.165, 1.54) is 12.8 Å². The summed E-state index contributed by atoms with van der Waals surface area (Å²) in [7, 11) is 0.